The summed E-state index contributed by atoms with van der Waals surface area (Å²) in [6.45, 7) is 1.13. The van der Waals surface area contributed by atoms with E-state index in [0.29, 0.717) is 43.1 Å². The Bertz CT molecular complexity index is 798. The van der Waals surface area contributed by atoms with Crippen molar-refractivity contribution >= 4 is 34.5 Å². The average Bonchev–Trinajstić information content (AvgIpc) is 3.28. The highest BCUT2D eigenvalue weighted by atomic mass is 32.2. The van der Waals surface area contributed by atoms with Gasteiger partial charge in [-0.25, -0.2) is 0 Å². The Morgan fingerprint density at radius 1 is 1.20 bits per heavy atom. The first kappa shape index (κ1) is 16.5. The second-order valence-electron chi connectivity index (χ2n) is 6.60. The lowest BCUT2D eigenvalue weighted by Gasteiger charge is -2.33. The number of hydrogen-bond acceptors (Lipinski definition) is 4. The lowest BCUT2D eigenvalue weighted by Crippen LogP contribution is -2.51. The molecule has 2 fully saturated rings. The molecule has 4 rings (SSSR count). The van der Waals surface area contributed by atoms with Crippen LogP contribution in [-0.2, 0) is 4.79 Å². The third-order valence-corrected chi connectivity index (χ3v) is 6.04. The fourth-order valence-electron chi connectivity index (χ4n) is 3.55. The Hall–Kier alpha value is -1.99. The normalized spacial score (nSPS) is 21.9. The second-order valence-corrected chi connectivity index (χ2v) is 7.59. The van der Waals surface area contributed by atoms with E-state index in [1.54, 1.807) is 27.8 Å². The molecule has 2 aliphatic heterocycles. The van der Waals surface area contributed by atoms with Crippen molar-refractivity contribution in [2.45, 2.75) is 25.0 Å². The first-order valence-electron chi connectivity index (χ1n) is 8.57. The standard InChI is InChI=1S/C18H21N3O3S/c22-12-5-7-20(8-6-12)18(24)16-10-25-11-21(16)17(23)14-9-19-15-4-2-1-3-13(14)15/h1-4,9,12,16,19,22H,5-8,10-11H2. The summed E-state index contributed by atoms with van der Waals surface area (Å²) < 4.78 is 0. The SMILES string of the molecule is O=C(C1CSCN1C(=O)c1c[nH]c2ccccc12)N1CCC(O)CC1. The topological polar surface area (TPSA) is 76.6 Å². The number of para-hydroxylation sites is 1. The van der Waals surface area contributed by atoms with Crippen LogP contribution in [0.2, 0.25) is 0 Å². The summed E-state index contributed by atoms with van der Waals surface area (Å²) in [6.07, 6.45) is 2.64. The van der Waals surface area contributed by atoms with Crippen LogP contribution in [0.15, 0.2) is 30.5 Å². The maximum absolute atomic E-state index is 13.1. The fraction of sp³-hybridized carbons (Fsp3) is 0.444. The number of aromatic amines is 1. The van der Waals surface area contributed by atoms with Crippen molar-refractivity contribution in [3.63, 3.8) is 0 Å². The zero-order chi connectivity index (χ0) is 17.4. The number of carbonyl (C=O) groups excluding carboxylic acids is 2. The molecule has 0 saturated carbocycles. The zero-order valence-electron chi connectivity index (χ0n) is 13.9. The van der Waals surface area contributed by atoms with Gasteiger partial charge in [-0.15, -0.1) is 11.8 Å². The van der Waals surface area contributed by atoms with E-state index in [9.17, 15) is 14.7 Å². The van der Waals surface area contributed by atoms with Gasteiger partial charge in [0, 0.05) is 35.9 Å². The summed E-state index contributed by atoms with van der Waals surface area (Å²) in [6, 6.07) is 7.28. The van der Waals surface area contributed by atoms with E-state index in [2.05, 4.69) is 4.98 Å². The van der Waals surface area contributed by atoms with Gasteiger partial charge in [0.15, 0.2) is 0 Å². The Morgan fingerprint density at radius 2 is 1.96 bits per heavy atom. The molecule has 1 unspecified atom stereocenters. The molecule has 6 nitrogen and oxygen atoms in total. The van der Waals surface area contributed by atoms with E-state index in [-0.39, 0.29) is 17.9 Å². The van der Waals surface area contributed by atoms with Crippen LogP contribution in [0, 0.1) is 0 Å². The number of piperidine rings is 1. The molecular weight excluding hydrogens is 338 g/mol. The molecule has 2 aliphatic rings. The van der Waals surface area contributed by atoms with E-state index < -0.39 is 6.04 Å². The van der Waals surface area contributed by atoms with Crippen molar-refractivity contribution in [3.05, 3.63) is 36.0 Å². The third-order valence-electron chi connectivity index (χ3n) is 5.02. The Kier molecular flexibility index (Phi) is 4.43. The second kappa shape index (κ2) is 6.72. The Balaban J connectivity index is 1.55. The maximum atomic E-state index is 13.1. The van der Waals surface area contributed by atoms with E-state index in [1.165, 1.54) is 0 Å². The molecule has 2 saturated heterocycles. The minimum atomic E-state index is -0.415. The van der Waals surface area contributed by atoms with Crippen LogP contribution in [-0.4, -0.2) is 68.6 Å². The van der Waals surface area contributed by atoms with Crippen molar-refractivity contribution in [3.8, 4) is 0 Å². The summed E-state index contributed by atoms with van der Waals surface area (Å²) in [4.78, 5) is 32.5. The summed E-state index contributed by atoms with van der Waals surface area (Å²) in [5, 5.41) is 10.5. The zero-order valence-corrected chi connectivity index (χ0v) is 14.7. The van der Waals surface area contributed by atoms with Gasteiger partial charge in [-0.05, 0) is 18.9 Å². The predicted octanol–water partition coefficient (Wildman–Crippen LogP) is 1.67. The third kappa shape index (κ3) is 3.02. The van der Waals surface area contributed by atoms with Crippen LogP contribution in [0.5, 0.6) is 0 Å². The van der Waals surface area contributed by atoms with Gasteiger partial charge in [0.05, 0.1) is 17.5 Å². The van der Waals surface area contributed by atoms with Crippen LogP contribution in [0.3, 0.4) is 0 Å². The summed E-state index contributed by atoms with van der Waals surface area (Å²) >= 11 is 1.61. The van der Waals surface area contributed by atoms with Gasteiger partial charge >= 0.3 is 0 Å². The van der Waals surface area contributed by atoms with Crippen LogP contribution < -0.4 is 0 Å². The number of aromatic nitrogens is 1. The smallest absolute Gasteiger partial charge is 0.257 e. The van der Waals surface area contributed by atoms with Gasteiger partial charge in [0.1, 0.15) is 6.04 Å². The van der Waals surface area contributed by atoms with E-state index in [1.807, 2.05) is 24.3 Å². The highest BCUT2D eigenvalue weighted by Crippen LogP contribution is 2.28. The molecule has 0 spiro atoms. The molecule has 0 aliphatic carbocycles. The highest BCUT2D eigenvalue weighted by Gasteiger charge is 2.38. The number of H-pyrrole nitrogens is 1. The van der Waals surface area contributed by atoms with Gasteiger partial charge in [0.2, 0.25) is 5.91 Å². The molecule has 2 N–H and O–H groups in total. The first-order chi connectivity index (χ1) is 12.1. The molecule has 2 amide bonds. The molecule has 0 bridgehead atoms. The number of rotatable bonds is 2. The molecule has 7 heteroatoms. The number of benzene rings is 1. The molecule has 0 radical (unpaired) electrons. The lowest BCUT2D eigenvalue weighted by molar-refractivity contribution is -0.136. The molecule has 132 valence electrons. The number of nitrogens with one attached hydrogen (secondary N) is 1. The number of likely N-dealkylation sites (tertiary alicyclic amines) is 1. The first-order valence-corrected chi connectivity index (χ1v) is 9.72. The quantitative estimate of drug-likeness (QED) is 0.855. The van der Waals surface area contributed by atoms with E-state index in [4.69, 9.17) is 0 Å². The Morgan fingerprint density at radius 3 is 2.76 bits per heavy atom. The number of carbonyl (C=O) groups is 2. The molecule has 1 atom stereocenters. The van der Waals surface area contributed by atoms with Crippen LogP contribution in [0.1, 0.15) is 23.2 Å². The van der Waals surface area contributed by atoms with Gasteiger partial charge in [-0.2, -0.15) is 0 Å². The number of amides is 2. The molecule has 25 heavy (non-hydrogen) atoms. The van der Waals surface area contributed by atoms with Crippen molar-refractivity contribution in [1.82, 2.24) is 14.8 Å². The number of nitrogens with zero attached hydrogens (tertiary/aromatic N) is 2. The van der Waals surface area contributed by atoms with Gasteiger partial charge in [-0.1, -0.05) is 18.2 Å². The van der Waals surface area contributed by atoms with Gasteiger partial charge < -0.3 is 19.9 Å². The Labute approximate surface area is 150 Å². The molecule has 2 aromatic rings. The number of fused-ring (bicyclic) bond motifs is 1. The number of hydrogen-bond donors (Lipinski definition) is 2. The number of thioether (sulfide) groups is 1. The molecular formula is C18H21N3O3S. The largest absolute Gasteiger partial charge is 0.393 e. The molecule has 3 heterocycles. The van der Waals surface area contributed by atoms with Crippen LogP contribution in [0.4, 0.5) is 0 Å². The lowest BCUT2D eigenvalue weighted by atomic mass is 10.1. The van der Waals surface area contributed by atoms with Crippen molar-refractivity contribution in [2.75, 3.05) is 24.7 Å². The van der Waals surface area contributed by atoms with Crippen molar-refractivity contribution in [1.29, 1.82) is 0 Å². The minimum Gasteiger partial charge on any atom is -0.393 e. The summed E-state index contributed by atoms with van der Waals surface area (Å²) in [5.74, 6) is 1.07. The minimum absolute atomic E-state index is 0.00471. The van der Waals surface area contributed by atoms with Crippen LogP contribution >= 0.6 is 11.8 Å². The monoisotopic (exact) mass is 359 g/mol. The summed E-state index contributed by atoms with van der Waals surface area (Å²) in [5.41, 5.74) is 1.54. The van der Waals surface area contributed by atoms with E-state index >= 15 is 0 Å². The van der Waals surface area contributed by atoms with E-state index in [0.717, 1.165) is 10.9 Å². The van der Waals surface area contributed by atoms with Crippen molar-refractivity contribution < 1.29 is 14.7 Å². The van der Waals surface area contributed by atoms with Crippen molar-refractivity contribution in [2.24, 2.45) is 0 Å². The predicted molar refractivity (Wildman–Crippen MR) is 97.4 cm³/mol. The highest BCUT2D eigenvalue weighted by molar-refractivity contribution is 7.99. The average molecular weight is 359 g/mol. The van der Waals surface area contributed by atoms with Gasteiger partial charge in [-0.3, -0.25) is 9.59 Å². The maximum Gasteiger partial charge on any atom is 0.257 e. The van der Waals surface area contributed by atoms with Gasteiger partial charge in [0.25, 0.3) is 5.91 Å². The number of aliphatic hydroxyl groups is 1. The summed E-state index contributed by atoms with van der Waals surface area (Å²) in [7, 11) is 0. The fourth-order valence-corrected chi connectivity index (χ4v) is 4.69. The number of aliphatic hydroxyl groups excluding tert-OH is 1. The molecule has 1 aromatic heterocycles. The molecule has 1 aromatic carbocycles. The van der Waals surface area contributed by atoms with Crippen LogP contribution in [0.25, 0.3) is 10.9 Å².